The molecule has 6 aromatic carbocycles. The molecule has 71 heavy (non-hydrogen) atoms. The Morgan fingerprint density at radius 3 is 0.775 bits per heavy atom. The van der Waals surface area contributed by atoms with Gasteiger partial charge >= 0.3 is 44.2 Å². The van der Waals surface area contributed by atoms with Crippen LogP contribution in [-0.2, 0) is 64.2 Å². The largest absolute Gasteiger partial charge is 2.00 e. The van der Waals surface area contributed by atoms with E-state index < -0.39 is 101 Å². The van der Waals surface area contributed by atoms with Crippen molar-refractivity contribution in [3.8, 4) is 0 Å². The molecule has 0 saturated carbocycles. The van der Waals surface area contributed by atoms with Gasteiger partial charge in [0.2, 0.25) is 0 Å². The van der Waals surface area contributed by atoms with Crippen molar-refractivity contribution >= 4 is 20.0 Å². The van der Waals surface area contributed by atoms with Crippen LogP contribution in [0, 0.1) is 0 Å². The van der Waals surface area contributed by atoms with Gasteiger partial charge in [-0.25, -0.2) is 16.8 Å². The summed E-state index contributed by atoms with van der Waals surface area (Å²) in [4.78, 5) is 0.982. The SMILES string of the molecule is CN(C)[C@H](c1ccccc1)[C@H]([N-]S(=O)(=O)c1cc(C(F)(F)F)cc(C(F)(F)F)c1)c1ccccc1.CN(C)[C@H](c1ccccc1)[C@H]([N-]S(=O)(=O)c1cc(C(F)(F)F)cc(C(F)(F)F)c1)c1ccccc1.[Zn+2]. The first-order valence-corrected chi connectivity index (χ1v) is 23.3. The molecule has 0 heterocycles. The van der Waals surface area contributed by atoms with Crippen LogP contribution in [-0.4, -0.2) is 54.8 Å². The number of alkyl halides is 12. The predicted octanol–water partition coefficient (Wildman–Crippen LogP) is 13.7. The average Bonchev–Trinajstić information content (AvgIpc) is 3.28. The van der Waals surface area contributed by atoms with Crippen LogP contribution in [0.2, 0.25) is 0 Å². The second-order valence-electron chi connectivity index (χ2n) is 16.0. The molecule has 0 aromatic heterocycles. The van der Waals surface area contributed by atoms with Crippen molar-refractivity contribution in [2.45, 2.75) is 58.7 Å². The molecule has 0 bridgehead atoms. The van der Waals surface area contributed by atoms with Crippen molar-refractivity contribution in [1.29, 1.82) is 0 Å². The molecule has 0 aliphatic rings. The Morgan fingerprint density at radius 2 is 0.577 bits per heavy atom. The Morgan fingerprint density at radius 1 is 0.366 bits per heavy atom. The summed E-state index contributed by atoms with van der Waals surface area (Å²) in [5.41, 5.74) is -4.78. The number of benzene rings is 6. The van der Waals surface area contributed by atoms with Crippen LogP contribution in [0.4, 0.5) is 52.7 Å². The molecular formula is C48H42F12N4O4S2Zn. The quantitative estimate of drug-likeness (QED) is 0.0795. The Balaban J connectivity index is 0.000000304. The Hall–Kier alpha value is -5.16. The van der Waals surface area contributed by atoms with Gasteiger partial charge in [-0.05, 0) is 75.7 Å². The Bertz CT molecular complexity index is 2630. The number of halogens is 12. The van der Waals surface area contributed by atoms with Crippen LogP contribution < -0.4 is 0 Å². The van der Waals surface area contributed by atoms with E-state index in [4.69, 9.17) is 0 Å². The first-order chi connectivity index (χ1) is 32.4. The van der Waals surface area contributed by atoms with E-state index >= 15 is 0 Å². The monoisotopic (exact) mass is 1090 g/mol. The maximum Gasteiger partial charge on any atom is 2.00 e. The molecule has 0 fully saturated rings. The van der Waals surface area contributed by atoms with Crippen molar-refractivity contribution in [2.75, 3.05) is 28.2 Å². The molecule has 0 aliphatic heterocycles. The number of nitrogens with zero attached hydrogens (tertiary/aromatic N) is 4. The molecule has 4 atom stereocenters. The van der Waals surface area contributed by atoms with E-state index in [9.17, 15) is 69.5 Å². The summed E-state index contributed by atoms with van der Waals surface area (Å²) in [5, 5.41) is 0. The molecule has 0 aliphatic carbocycles. The zero-order valence-electron chi connectivity index (χ0n) is 37.8. The first-order valence-electron chi connectivity index (χ1n) is 20.5. The molecule has 0 unspecified atom stereocenters. The smallest absolute Gasteiger partial charge is 0.537 e. The molecule has 0 N–H and O–H groups in total. The van der Waals surface area contributed by atoms with Gasteiger partial charge in [-0.1, -0.05) is 145 Å². The molecule has 0 radical (unpaired) electrons. The van der Waals surface area contributed by atoms with Crippen LogP contribution in [0.25, 0.3) is 9.44 Å². The summed E-state index contributed by atoms with van der Waals surface area (Å²) < 4.78 is 220. The van der Waals surface area contributed by atoms with Crippen molar-refractivity contribution in [1.82, 2.24) is 9.80 Å². The van der Waals surface area contributed by atoms with Gasteiger partial charge in [0.05, 0.1) is 22.3 Å². The molecule has 6 rings (SSSR count). The molecule has 0 spiro atoms. The van der Waals surface area contributed by atoms with Crippen molar-refractivity contribution < 1.29 is 89.0 Å². The summed E-state index contributed by atoms with van der Waals surface area (Å²) in [6, 6.07) is 30.3. The van der Waals surface area contributed by atoms with Crippen LogP contribution in [0.3, 0.4) is 0 Å². The normalized spacial score (nSPS) is 14.5. The Kier molecular flexibility index (Phi) is 19.0. The van der Waals surface area contributed by atoms with E-state index in [0.29, 0.717) is 22.3 Å². The fourth-order valence-electron chi connectivity index (χ4n) is 7.30. The minimum absolute atomic E-state index is 0. The van der Waals surface area contributed by atoms with Gasteiger partial charge in [-0.15, -0.1) is 0 Å². The van der Waals surface area contributed by atoms with Crippen LogP contribution in [0.15, 0.2) is 168 Å². The molecule has 23 heteroatoms. The third-order valence-electron chi connectivity index (χ3n) is 10.5. The molecule has 0 saturated heterocycles. The molecule has 6 aromatic rings. The fourth-order valence-corrected chi connectivity index (χ4v) is 9.72. The molecule has 8 nitrogen and oxygen atoms in total. The summed E-state index contributed by atoms with van der Waals surface area (Å²) in [6.07, 6.45) is -20.8. The van der Waals surface area contributed by atoms with Gasteiger partial charge in [0.15, 0.2) is 0 Å². The number of rotatable bonds is 14. The standard InChI is InChI=1S/2C24H21F6N2O2S.Zn/c2*1-32(2)22(17-11-7-4-8-12-17)21(16-9-5-3-6-10-16)31-35(33,34)20-14-18(23(25,26)27)13-19(15-20)24(28,29)30;/h2*3-15,21-22H,1-2H3;/q2*-1;+2/t2*21-,22-;/m11./s1. The van der Waals surface area contributed by atoms with E-state index in [-0.39, 0.29) is 55.9 Å². The number of hydrogen-bond acceptors (Lipinski definition) is 6. The van der Waals surface area contributed by atoms with Gasteiger partial charge in [-0.3, -0.25) is 0 Å². The zero-order valence-corrected chi connectivity index (χ0v) is 42.4. The summed E-state index contributed by atoms with van der Waals surface area (Å²) in [6.45, 7) is 0. The van der Waals surface area contributed by atoms with Crippen LogP contribution >= 0.6 is 0 Å². The molecular weight excluding hydrogens is 1050 g/mol. The average molecular weight is 1100 g/mol. The van der Waals surface area contributed by atoms with Gasteiger partial charge in [0, 0.05) is 21.9 Å². The predicted molar refractivity (Wildman–Crippen MR) is 238 cm³/mol. The second kappa shape index (κ2) is 23.2. The van der Waals surface area contributed by atoms with Gasteiger partial charge in [-0.2, -0.15) is 52.7 Å². The van der Waals surface area contributed by atoms with Crippen LogP contribution in [0.5, 0.6) is 0 Å². The summed E-state index contributed by atoms with van der Waals surface area (Å²) in [5.74, 6) is 0. The topological polar surface area (TPSA) is 103 Å². The Labute approximate surface area is 415 Å². The fraction of sp³-hybridized carbons (Fsp3) is 0.250. The van der Waals surface area contributed by atoms with Crippen molar-refractivity contribution in [3.63, 3.8) is 0 Å². The minimum Gasteiger partial charge on any atom is -0.537 e. The zero-order chi connectivity index (χ0) is 52.0. The van der Waals surface area contributed by atoms with E-state index in [1.54, 1.807) is 159 Å². The number of likely N-dealkylation sites (N-methyl/N-ethyl adjacent to an activating group) is 2. The van der Waals surface area contributed by atoms with E-state index in [1.165, 1.54) is 0 Å². The van der Waals surface area contributed by atoms with Crippen LogP contribution in [0.1, 0.15) is 68.7 Å². The minimum atomic E-state index is -5.19. The third kappa shape index (κ3) is 15.4. The molecule has 0 amide bonds. The number of hydrogen-bond donors (Lipinski definition) is 0. The summed E-state index contributed by atoms with van der Waals surface area (Å²) in [7, 11) is -3.25. The van der Waals surface area contributed by atoms with Gasteiger partial charge in [0.1, 0.15) is 20.0 Å². The summed E-state index contributed by atoms with van der Waals surface area (Å²) >= 11 is 0. The van der Waals surface area contributed by atoms with Crippen molar-refractivity contribution in [2.24, 2.45) is 0 Å². The molecule has 376 valence electrons. The maximum atomic E-state index is 13.3. The third-order valence-corrected chi connectivity index (χ3v) is 13.2. The van der Waals surface area contributed by atoms with E-state index in [0.717, 1.165) is 0 Å². The maximum absolute atomic E-state index is 13.3. The first kappa shape index (κ1) is 58.4. The number of sulfonamides is 2. The van der Waals surface area contributed by atoms with Gasteiger partial charge < -0.3 is 19.2 Å². The van der Waals surface area contributed by atoms with Crippen molar-refractivity contribution in [3.05, 3.63) is 212 Å². The van der Waals surface area contributed by atoms with Gasteiger partial charge in [0.25, 0.3) is 0 Å². The van der Waals surface area contributed by atoms with E-state index in [2.05, 4.69) is 9.44 Å². The van der Waals surface area contributed by atoms with E-state index in [1.807, 2.05) is 0 Å². The second-order valence-corrected chi connectivity index (χ2v) is 19.3.